The number of hydrogen-bond donors (Lipinski definition) is 0. The molecule has 2 rings (SSSR count). The van der Waals surface area contributed by atoms with Gasteiger partial charge in [-0.25, -0.2) is 17.2 Å². The molecule has 0 saturated carbocycles. The Kier molecular flexibility index (Phi) is 3.53. The van der Waals surface area contributed by atoms with E-state index in [4.69, 9.17) is 10.7 Å². The Labute approximate surface area is 113 Å². The maximum absolute atomic E-state index is 13.6. The van der Waals surface area contributed by atoms with E-state index in [0.717, 1.165) is 17.0 Å². The molecule has 1 aliphatic rings. The molecule has 0 N–H and O–H groups in total. The highest BCUT2D eigenvalue weighted by molar-refractivity contribution is 8.13. The van der Waals surface area contributed by atoms with Gasteiger partial charge in [0.05, 0.1) is 6.04 Å². The summed E-state index contributed by atoms with van der Waals surface area (Å²) in [6.07, 6.45) is 0.144. The third-order valence-electron chi connectivity index (χ3n) is 2.99. The molecule has 104 valence electrons. The Morgan fingerprint density at radius 2 is 2.16 bits per heavy atom. The molecule has 0 aliphatic carbocycles. The average Bonchev–Trinajstić information content (AvgIpc) is 2.63. The molecular weight excluding hydrogens is 300 g/mol. The molecule has 4 nitrogen and oxygen atoms in total. The van der Waals surface area contributed by atoms with E-state index >= 15 is 0 Å². The van der Waals surface area contributed by atoms with Gasteiger partial charge in [-0.1, -0.05) is 0 Å². The van der Waals surface area contributed by atoms with Crippen molar-refractivity contribution in [3.63, 3.8) is 0 Å². The molecule has 0 spiro atoms. The zero-order valence-corrected chi connectivity index (χ0v) is 11.4. The minimum Gasteiger partial charge on any atom is -0.306 e. The molecule has 19 heavy (non-hydrogen) atoms. The van der Waals surface area contributed by atoms with Crippen LogP contribution >= 0.6 is 10.7 Å². The third kappa shape index (κ3) is 2.44. The number of carbonyl (C=O) groups excluding carboxylic acids is 1. The predicted molar refractivity (Wildman–Crippen MR) is 66.1 cm³/mol. The van der Waals surface area contributed by atoms with Crippen molar-refractivity contribution in [3.05, 3.63) is 23.5 Å². The van der Waals surface area contributed by atoms with Crippen molar-refractivity contribution in [1.29, 1.82) is 0 Å². The van der Waals surface area contributed by atoms with Crippen LogP contribution in [-0.2, 0) is 20.3 Å². The second-order valence-electron chi connectivity index (χ2n) is 4.25. The number of rotatable bonds is 2. The van der Waals surface area contributed by atoms with Gasteiger partial charge in [-0.15, -0.1) is 0 Å². The summed E-state index contributed by atoms with van der Waals surface area (Å²) in [5.41, 5.74) is 0.579. The quantitative estimate of drug-likeness (QED) is 0.785. The molecule has 1 atom stereocenters. The molecular formula is C11H10ClF2NO3S. The number of nitrogens with zero attached hydrogens (tertiary/aromatic N) is 1. The van der Waals surface area contributed by atoms with E-state index in [1.54, 1.807) is 0 Å². The average molecular weight is 310 g/mol. The Balaban J connectivity index is 2.63. The van der Waals surface area contributed by atoms with Crippen LogP contribution in [0.25, 0.3) is 0 Å². The Bertz CT molecular complexity index is 648. The second-order valence-corrected chi connectivity index (χ2v) is 6.78. The van der Waals surface area contributed by atoms with Crippen LogP contribution < -0.4 is 4.90 Å². The van der Waals surface area contributed by atoms with Crippen LogP contribution in [-0.4, -0.2) is 27.0 Å². The monoisotopic (exact) mass is 309 g/mol. The Morgan fingerprint density at radius 1 is 1.53 bits per heavy atom. The number of hydrogen-bond acceptors (Lipinski definition) is 3. The summed E-state index contributed by atoms with van der Waals surface area (Å²) in [5, 5.41) is 0. The van der Waals surface area contributed by atoms with Gasteiger partial charge >= 0.3 is 0 Å². The predicted octanol–water partition coefficient (Wildman–Crippen LogP) is 2.00. The first-order valence-electron chi connectivity index (χ1n) is 5.38. The van der Waals surface area contributed by atoms with Gasteiger partial charge in [0.2, 0.25) is 5.91 Å². The summed E-state index contributed by atoms with van der Waals surface area (Å²) in [7, 11) is 0.855. The van der Waals surface area contributed by atoms with Gasteiger partial charge in [0.15, 0.2) is 0 Å². The van der Waals surface area contributed by atoms with Crippen LogP contribution in [0.3, 0.4) is 0 Å². The fourth-order valence-electron chi connectivity index (χ4n) is 2.25. The lowest BCUT2D eigenvalue weighted by Gasteiger charge is -2.21. The van der Waals surface area contributed by atoms with E-state index in [9.17, 15) is 22.0 Å². The van der Waals surface area contributed by atoms with Crippen molar-refractivity contribution in [2.45, 2.75) is 24.3 Å². The van der Waals surface area contributed by atoms with Gasteiger partial charge in [0, 0.05) is 23.3 Å². The van der Waals surface area contributed by atoms with Crippen LogP contribution in [0.5, 0.6) is 0 Å². The van der Waals surface area contributed by atoms with Gasteiger partial charge in [0.25, 0.3) is 9.05 Å². The zero-order valence-electron chi connectivity index (χ0n) is 9.86. The zero-order chi connectivity index (χ0) is 14.4. The van der Waals surface area contributed by atoms with Crippen molar-refractivity contribution in [2.75, 3.05) is 11.6 Å². The molecule has 1 heterocycles. The molecule has 0 radical (unpaired) electrons. The summed E-state index contributed by atoms with van der Waals surface area (Å²) >= 11 is 0. The number of halogens is 3. The van der Waals surface area contributed by atoms with E-state index in [1.165, 1.54) is 6.92 Å². The van der Waals surface area contributed by atoms with Gasteiger partial charge in [-0.05, 0) is 24.1 Å². The molecule has 1 aromatic rings. The molecule has 1 amide bonds. The largest absolute Gasteiger partial charge is 0.306 e. The molecule has 0 bridgehead atoms. The maximum atomic E-state index is 13.6. The lowest BCUT2D eigenvalue weighted by atomic mass is 10.1. The standard InChI is InChI=1S/C11H10ClF2NO3S/c1-6(16)15-8(5-13)2-7-3-9(14)11(4-10(7)15)19(12,17)18/h3-4,8H,2,5H2,1H3. The molecule has 0 fully saturated rings. The lowest BCUT2D eigenvalue weighted by molar-refractivity contribution is -0.117. The number of benzene rings is 1. The van der Waals surface area contributed by atoms with E-state index in [1.807, 2.05) is 0 Å². The van der Waals surface area contributed by atoms with Gasteiger partial charge in [0.1, 0.15) is 17.4 Å². The number of amides is 1. The van der Waals surface area contributed by atoms with Gasteiger partial charge in [-0.3, -0.25) is 4.79 Å². The van der Waals surface area contributed by atoms with Crippen molar-refractivity contribution >= 4 is 31.3 Å². The van der Waals surface area contributed by atoms with Crippen molar-refractivity contribution < 1.29 is 22.0 Å². The summed E-state index contributed by atoms with van der Waals surface area (Å²) in [4.78, 5) is 11.9. The van der Waals surface area contributed by atoms with E-state index < -0.39 is 38.4 Å². The first kappa shape index (κ1) is 14.2. The van der Waals surface area contributed by atoms with Crippen LogP contribution in [0.1, 0.15) is 12.5 Å². The molecule has 1 aromatic carbocycles. The molecule has 0 aromatic heterocycles. The maximum Gasteiger partial charge on any atom is 0.264 e. The highest BCUT2D eigenvalue weighted by atomic mass is 35.7. The first-order valence-corrected chi connectivity index (χ1v) is 7.69. The number of carbonyl (C=O) groups is 1. The summed E-state index contributed by atoms with van der Waals surface area (Å²) < 4.78 is 49.0. The molecule has 1 aliphatic heterocycles. The lowest BCUT2D eigenvalue weighted by Crippen LogP contribution is -2.37. The summed E-state index contributed by atoms with van der Waals surface area (Å²) in [6, 6.07) is 1.22. The molecule has 1 unspecified atom stereocenters. The normalized spacial score (nSPS) is 18.5. The van der Waals surface area contributed by atoms with Crippen molar-refractivity contribution in [2.24, 2.45) is 0 Å². The molecule has 8 heteroatoms. The van der Waals surface area contributed by atoms with Crippen LogP contribution in [0.4, 0.5) is 14.5 Å². The second kappa shape index (κ2) is 4.72. The minimum atomic E-state index is -4.26. The van der Waals surface area contributed by atoms with E-state index in [0.29, 0.717) is 5.56 Å². The van der Waals surface area contributed by atoms with Crippen molar-refractivity contribution in [1.82, 2.24) is 0 Å². The highest BCUT2D eigenvalue weighted by Crippen LogP contribution is 2.36. The highest BCUT2D eigenvalue weighted by Gasteiger charge is 2.34. The summed E-state index contributed by atoms with van der Waals surface area (Å²) in [5.74, 6) is -1.44. The molecule has 0 saturated heterocycles. The minimum absolute atomic E-state index is 0.144. The van der Waals surface area contributed by atoms with Crippen molar-refractivity contribution in [3.8, 4) is 0 Å². The van der Waals surface area contributed by atoms with Crippen LogP contribution in [0.2, 0.25) is 0 Å². The van der Waals surface area contributed by atoms with E-state index in [-0.39, 0.29) is 12.1 Å². The van der Waals surface area contributed by atoms with Gasteiger partial charge in [-0.2, -0.15) is 0 Å². The van der Waals surface area contributed by atoms with E-state index in [2.05, 4.69) is 0 Å². The third-order valence-corrected chi connectivity index (χ3v) is 4.33. The number of fused-ring (bicyclic) bond motifs is 1. The topological polar surface area (TPSA) is 54.5 Å². The smallest absolute Gasteiger partial charge is 0.264 e. The Hall–Kier alpha value is -1.21. The number of anilines is 1. The van der Waals surface area contributed by atoms with Crippen LogP contribution in [0, 0.1) is 5.82 Å². The summed E-state index contributed by atoms with van der Waals surface area (Å²) in [6.45, 7) is 0.439. The fraction of sp³-hybridized carbons (Fsp3) is 0.364. The van der Waals surface area contributed by atoms with Crippen LogP contribution in [0.15, 0.2) is 17.0 Å². The van der Waals surface area contributed by atoms with Gasteiger partial charge < -0.3 is 4.90 Å². The number of alkyl halides is 1. The first-order chi connectivity index (χ1) is 8.75. The fourth-order valence-corrected chi connectivity index (χ4v) is 3.15. The Morgan fingerprint density at radius 3 is 2.63 bits per heavy atom. The SMILES string of the molecule is CC(=O)N1c2cc(S(=O)(=O)Cl)c(F)cc2CC1CF.